The Balaban J connectivity index is 0.976. The molecule has 0 aliphatic carbocycles. The molecule has 0 fully saturated rings. The van der Waals surface area contributed by atoms with Crippen molar-refractivity contribution < 1.29 is 8.83 Å². The predicted octanol–water partition coefficient (Wildman–Crippen LogP) is 19.2. The Bertz CT molecular complexity index is 4040. The normalized spacial score (nSPS) is 11.7. The summed E-state index contributed by atoms with van der Waals surface area (Å²) >= 11 is 0. The van der Waals surface area contributed by atoms with Crippen molar-refractivity contribution in [2.24, 2.45) is 0 Å². The van der Waals surface area contributed by atoms with Gasteiger partial charge in [-0.05, 0) is 105 Å². The lowest BCUT2D eigenvalue weighted by molar-refractivity contribution is 0.669. The second kappa shape index (κ2) is 16.2. The molecule has 0 radical (unpaired) electrons. The van der Waals surface area contributed by atoms with Gasteiger partial charge in [0.1, 0.15) is 22.3 Å². The highest BCUT2D eigenvalue weighted by Crippen LogP contribution is 2.49. The Labute approximate surface area is 404 Å². The smallest absolute Gasteiger partial charge is 0.143 e. The number of rotatable bonds is 8. The van der Waals surface area contributed by atoms with Gasteiger partial charge in [-0.15, -0.1) is 0 Å². The van der Waals surface area contributed by atoms with Gasteiger partial charge in [-0.25, -0.2) is 0 Å². The molecule has 12 aromatic carbocycles. The zero-order valence-electron chi connectivity index (χ0n) is 38.0. The molecule has 0 atom stereocenters. The van der Waals surface area contributed by atoms with Crippen molar-refractivity contribution in [2.75, 3.05) is 9.80 Å². The molecule has 0 saturated heterocycles. The molecule has 0 saturated carbocycles. The third kappa shape index (κ3) is 6.38. The molecule has 70 heavy (non-hydrogen) atoms. The molecule has 0 N–H and O–H groups in total. The molecule has 0 spiro atoms. The number of anilines is 6. The minimum absolute atomic E-state index is 0.891. The fraction of sp³-hybridized carbons (Fsp3) is 0. The molecule has 2 heterocycles. The number of fused-ring (bicyclic) bond motifs is 11. The average molecular weight is 895 g/mol. The Morgan fingerprint density at radius 1 is 0.229 bits per heavy atom. The first-order valence-corrected chi connectivity index (χ1v) is 23.8. The van der Waals surface area contributed by atoms with Crippen LogP contribution in [0.2, 0.25) is 0 Å². The zero-order valence-corrected chi connectivity index (χ0v) is 38.0. The number of furan rings is 2. The lowest BCUT2D eigenvalue weighted by Crippen LogP contribution is -2.12. The summed E-state index contributed by atoms with van der Waals surface area (Å²) in [6.07, 6.45) is 0. The molecular weight excluding hydrogens is 853 g/mol. The fourth-order valence-electron chi connectivity index (χ4n) is 10.9. The highest BCUT2D eigenvalue weighted by atomic mass is 16.3. The standard InChI is InChI=1S/C66H42N2O2/c1-3-21-45(22-4-1)67(47-25-15-19-43(39-47)49-33-17-35-57-55-31-11-13-37-63(55)69-65(49)57)61-41-59-52-28-8-10-30-54(52)62(42-60(59)51-27-7-9-29-53(51)61)68(46-23-5-2-6-24-46)48-26-16-20-44(40-48)50-34-18-36-58-56-32-12-14-38-64(56)70-66(50)58/h1-42H. The maximum absolute atomic E-state index is 6.57. The number of para-hydroxylation sites is 6. The van der Waals surface area contributed by atoms with E-state index in [1.807, 2.05) is 24.3 Å². The summed E-state index contributed by atoms with van der Waals surface area (Å²) in [5.41, 5.74) is 14.3. The fourth-order valence-corrected chi connectivity index (χ4v) is 10.9. The molecule has 0 unspecified atom stereocenters. The van der Waals surface area contributed by atoms with E-state index < -0.39 is 0 Å². The Morgan fingerprint density at radius 3 is 1.01 bits per heavy atom. The molecule has 4 nitrogen and oxygen atoms in total. The van der Waals surface area contributed by atoms with Crippen molar-refractivity contribution in [3.63, 3.8) is 0 Å². The average Bonchev–Trinajstić information content (AvgIpc) is 4.01. The molecule has 328 valence electrons. The highest BCUT2D eigenvalue weighted by Gasteiger charge is 2.23. The Hall–Kier alpha value is -9.38. The summed E-state index contributed by atoms with van der Waals surface area (Å²) in [6, 6.07) is 91.3. The van der Waals surface area contributed by atoms with Crippen LogP contribution in [0.5, 0.6) is 0 Å². The van der Waals surface area contributed by atoms with Crippen molar-refractivity contribution in [3.8, 4) is 22.3 Å². The largest absolute Gasteiger partial charge is 0.455 e. The van der Waals surface area contributed by atoms with Gasteiger partial charge in [0.25, 0.3) is 0 Å². The number of hydrogen-bond donors (Lipinski definition) is 0. The van der Waals surface area contributed by atoms with Crippen molar-refractivity contribution >= 4 is 110 Å². The Kier molecular flexibility index (Phi) is 9.17. The SMILES string of the molecule is c1ccc(N(c2cccc(-c3cccc4c3oc3ccccc34)c2)c2cc3c4ccccc4c(N(c4ccccc4)c4cccc(-c5cccc6c5oc5ccccc56)c4)cc3c3ccccc23)cc1. The molecule has 14 rings (SSSR count). The van der Waals surface area contributed by atoms with E-state index in [2.05, 4.69) is 240 Å². The summed E-state index contributed by atoms with van der Waals surface area (Å²) in [7, 11) is 0. The van der Waals surface area contributed by atoms with Crippen LogP contribution in [0.15, 0.2) is 264 Å². The highest BCUT2D eigenvalue weighted by molar-refractivity contribution is 6.25. The third-order valence-electron chi connectivity index (χ3n) is 14.0. The van der Waals surface area contributed by atoms with Crippen LogP contribution >= 0.6 is 0 Å². The summed E-state index contributed by atoms with van der Waals surface area (Å²) < 4.78 is 13.1. The van der Waals surface area contributed by atoms with E-state index in [1.54, 1.807) is 0 Å². The minimum atomic E-state index is 0.891. The third-order valence-corrected chi connectivity index (χ3v) is 14.0. The molecule has 4 heteroatoms. The molecule has 0 aliphatic rings. The number of hydrogen-bond acceptors (Lipinski definition) is 4. The maximum atomic E-state index is 6.57. The van der Waals surface area contributed by atoms with E-state index in [0.717, 1.165) is 111 Å². The van der Waals surface area contributed by atoms with Gasteiger partial charge < -0.3 is 18.6 Å². The molecule has 0 aliphatic heterocycles. The molecule has 0 amide bonds. The number of benzene rings is 12. The van der Waals surface area contributed by atoms with E-state index in [1.165, 1.54) is 21.5 Å². The first-order valence-electron chi connectivity index (χ1n) is 23.8. The van der Waals surface area contributed by atoms with Gasteiger partial charge in [-0.2, -0.15) is 0 Å². The summed E-state index contributed by atoms with van der Waals surface area (Å²) in [5.74, 6) is 0. The van der Waals surface area contributed by atoms with E-state index in [9.17, 15) is 0 Å². The predicted molar refractivity (Wildman–Crippen MR) is 294 cm³/mol. The van der Waals surface area contributed by atoms with Crippen molar-refractivity contribution in [3.05, 3.63) is 255 Å². The molecule has 0 bridgehead atoms. The summed E-state index contributed by atoms with van der Waals surface area (Å²) in [4.78, 5) is 4.83. The van der Waals surface area contributed by atoms with Crippen LogP contribution in [0.1, 0.15) is 0 Å². The summed E-state index contributed by atoms with van der Waals surface area (Å²) in [5, 5.41) is 11.5. The van der Waals surface area contributed by atoms with Crippen molar-refractivity contribution in [1.82, 2.24) is 0 Å². The monoisotopic (exact) mass is 894 g/mol. The van der Waals surface area contributed by atoms with Gasteiger partial charge in [0, 0.05) is 66.2 Å². The van der Waals surface area contributed by atoms with Gasteiger partial charge >= 0.3 is 0 Å². The second-order valence-electron chi connectivity index (χ2n) is 18.0. The summed E-state index contributed by atoms with van der Waals surface area (Å²) in [6.45, 7) is 0. The van der Waals surface area contributed by atoms with Crippen LogP contribution in [0.25, 0.3) is 98.4 Å². The first-order chi connectivity index (χ1) is 34.7. The van der Waals surface area contributed by atoms with Gasteiger partial charge in [0.05, 0.1) is 11.4 Å². The van der Waals surface area contributed by atoms with Crippen LogP contribution in [0, 0.1) is 0 Å². The van der Waals surface area contributed by atoms with Crippen LogP contribution < -0.4 is 9.80 Å². The topological polar surface area (TPSA) is 32.8 Å². The lowest BCUT2D eigenvalue weighted by Gasteiger charge is -2.30. The first kappa shape index (κ1) is 39.8. The van der Waals surface area contributed by atoms with Gasteiger partial charge in [0.2, 0.25) is 0 Å². The molecular formula is C66H42N2O2. The van der Waals surface area contributed by atoms with Crippen LogP contribution in [0.3, 0.4) is 0 Å². The van der Waals surface area contributed by atoms with Gasteiger partial charge in [0.15, 0.2) is 0 Å². The van der Waals surface area contributed by atoms with E-state index >= 15 is 0 Å². The van der Waals surface area contributed by atoms with Crippen molar-refractivity contribution in [2.45, 2.75) is 0 Å². The van der Waals surface area contributed by atoms with E-state index in [-0.39, 0.29) is 0 Å². The van der Waals surface area contributed by atoms with E-state index in [4.69, 9.17) is 8.83 Å². The lowest BCUT2D eigenvalue weighted by atomic mass is 9.93. The van der Waals surface area contributed by atoms with Gasteiger partial charge in [-0.3, -0.25) is 0 Å². The second-order valence-corrected chi connectivity index (χ2v) is 18.0. The zero-order chi connectivity index (χ0) is 46.1. The quantitative estimate of drug-likeness (QED) is 0.142. The molecule has 2 aromatic heterocycles. The van der Waals surface area contributed by atoms with Crippen molar-refractivity contribution in [1.29, 1.82) is 0 Å². The van der Waals surface area contributed by atoms with Gasteiger partial charge in [-0.1, -0.05) is 182 Å². The van der Waals surface area contributed by atoms with Crippen LogP contribution in [0.4, 0.5) is 34.1 Å². The van der Waals surface area contributed by atoms with Crippen LogP contribution in [-0.4, -0.2) is 0 Å². The maximum Gasteiger partial charge on any atom is 0.143 e. The molecule has 14 aromatic rings. The van der Waals surface area contributed by atoms with E-state index in [0.29, 0.717) is 0 Å². The minimum Gasteiger partial charge on any atom is -0.455 e. The Morgan fingerprint density at radius 2 is 0.571 bits per heavy atom. The number of nitrogens with zero attached hydrogens (tertiary/aromatic N) is 2. The van der Waals surface area contributed by atoms with Crippen LogP contribution in [-0.2, 0) is 0 Å².